The van der Waals surface area contributed by atoms with Gasteiger partial charge in [-0.2, -0.15) is 0 Å². The van der Waals surface area contributed by atoms with Gasteiger partial charge in [-0.15, -0.1) is 11.3 Å². The lowest BCUT2D eigenvalue weighted by atomic mass is 10.1. The first-order valence-corrected chi connectivity index (χ1v) is 11.2. The average molecular weight is 430 g/mol. The number of hydrogen-bond acceptors (Lipinski definition) is 5. The third-order valence-corrected chi connectivity index (χ3v) is 6.48. The number of nitrogens with one attached hydrogen (secondary N) is 1. The van der Waals surface area contributed by atoms with Gasteiger partial charge in [0.1, 0.15) is 10.6 Å². The summed E-state index contributed by atoms with van der Waals surface area (Å²) in [5.74, 6) is -0.247. The molecule has 1 saturated heterocycles. The highest BCUT2D eigenvalue weighted by atomic mass is 32.1. The van der Waals surface area contributed by atoms with Crippen LogP contribution in [0.1, 0.15) is 56.3 Å². The van der Waals surface area contributed by atoms with Crippen LogP contribution in [0.2, 0.25) is 0 Å². The first-order chi connectivity index (χ1) is 14.0. The molecule has 1 aromatic carbocycles. The highest BCUT2D eigenvalue weighted by molar-refractivity contribution is 7.15. The van der Waals surface area contributed by atoms with E-state index in [9.17, 15) is 9.59 Å². The molecule has 3 rings (SSSR count). The van der Waals surface area contributed by atoms with Crippen molar-refractivity contribution in [2.75, 3.05) is 13.1 Å². The van der Waals surface area contributed by atoms with Crippen LogP contribution in [0.15, 0.2) is 24.3 Å². The summed E-state index contributed by atoms with van der Waals surface area (Å²) in [6, 6.07) is 8.17. The highest BCUT2D eigenvalue weighted by Crippen LogP contribution is 2.32. The Hall–Kier alpha value is -2.41. The third-order valence-electron chi connectivity index (χ3n) is 5.09. The van der Waals surface area contributed by atoms with Gasteiger partial charge in [-0.25, -0.2) is 9.78 Å². The lowest BCUT2D eigenvalue weighted by Gasteiger charge is -2.24. The topological polar surface area (TPSA) is 71.5 Å². The van der Waals surface area contributed by atoms with Gasteiger partial charge in [0.05, 0.1) is 22.5 Å². The fourth-order valence-corrected chi connectivity index (χ4v) is 4.57. The van der Waals surface area contributed by atoms with Crippen LogP contribution in [0.4, 0.5) is 4.79 Å². The van der Waals surface area contributed by atoms with Crippen molar-refractivity contribution in [3.63, 3.8) is 0 Å². The minimum absolute atomic E-state index is 0.0294. The summed E-state index contributed by atoms with van der Waals surface area (Å²) in [5.41, 5.74) is 2.70. The van der Waals surface area contributed by atoms with E-state index in [1.807, 2.05) is 34.6 Å². The maximum atomic E-state index is 12.8. The Bertz CT molecular complexity index is 915. The minimum atomic E-state index is -0.537. The van der Waals surface area contributed by atoms with E-state index in [0.717, 1.165) is 21.1 Å². The summed E-state index contributed by atoms with van der Waals surface area (Å²) in [7, 11) is 0. The Kier molecular flexibility index (Phi) is 6.50. The number of carbonyl (C=O) groups excluding carboxylic acids is 2. The SMILES string of the molecule is Cc1ccc(-c2nc(C)c(C(C)NC(=O)C3CCN(C(=O)OC(C)(C)C)C3)s2)cc1. The molecule has 0 saturated carbocycles. The molecule has 30 heavy (non-hydrogen) atoms. The van der Waals surface area contributed by atoms with Crippen molar-refractivity contribution in [3.8, 4) is 10.6 Å². The molecular formula is C23H31N3O3S. The number of ether oxygens (including phenoxy) is 1. The van der Waals surface area contributed by atoms with Gasteiger partial charge in [-0.3, -0.25) is 4.79 Å². The molecule has 6 nitrogen and oxygen atoms in total. The van der Waals surface area contributed by atoms with Crippen molar-refractivity contribution in [1.29, 1.82) is 0 Å². The van der Waals surface area contributed by atoms with Crippen LogP contribution in [0.3, 0.4) is 0 Å². The zero-order chi connectivity index (χ0) is 22.1. The highest BCUT2D eigenvalue weighted by Gasteiger charge is 2.34. The van der Waals surface area contributed by atoms with E-state index in [1.165, 1.54) is 5.56 Å². The Morgan fingerprint density at radius 1 is 1.23 bits per heavy atom. The molecule has 2 heterocycles. The largest absolute Gasteiger partial charge is 0.444 e. The number of amides is 2. The molecule has 1 aromatic heterocycles. The Labute approximate surface area is 182 Å². The number of aryl methyl sites for hydroxylation is 2. The summed E-state index contributed by atoms with van der Waals surface area (Å²) >= 11 is 1.61. The van der Waals surface area contributed by atoms with E-state index in [-0.39, 0.29) is 24.0 Å². The van der Waals surface area contributed by atoms with Crippen LogP contribution in [0, 0.1) is 19.8 Å². The zero-order valence-electron chi connectivity index (χ0n) is 18.6. The standard InChI is InChI=1S/C23H31N3O3S/c1-14-7-9-17(10-8-14)21-25-16(3)19(30-21)15(2)24-20(27)18-11-12-26(13-18)22(28)29-23(4,5)6/h7-10,15,18H,11-13H2,1-6H3,(H,24,27). The van der Waals surface area contributed by atoms with E-state index in [2.05, 4.69) is 36.5 Å². The average Bonchev–Trinajstić information content (AvgIpc) is 3.28. The molecular weight excluding hydrogens is 398 g/mol. The van der Waals surface area contributed by atoms with Crippen LogP contribution in [-0.2, 0) is 9.53 Å². The number of aromatic nitrogens is 1. The van der Waals surface area contributed by atoms with Gasteiger partial charge in [0, 0.05) is 18.7 Å². The lowest BCUT2D eigenvalue weighted by Crippen LogP contribution is -2.38. The number of benzene rings is 1. The first kappa shape index (κ1) is 22.3. The number of nitrogens with zero attached hydrogens (tertiary/aromatic N) is 2. The molecule has 0 radical (unpaired) electrons. The van der Waals surface area contributed by atoms with E-state index >= 15 is 0 Å². The molecule has 0 aliphatic carbocycles. The second-order valence-corrected chi connectivity index (χ2v) is 10.0. The number of likely N-dealkylation sites (tertiary alicyclic amines) is 1. The van der Waals surface area contributed by atoms with Crippen molar-refractivity contribution >= 4 is 23.3 Å². The maximum Gasteiger partial charge on any atom is 0.410 e. The number of hydrogen-bond donors (Lipinski definition) is 1. The molecule has 0 bridgehead atoms. The Balaban J connectivity index is 1.61. The lowest BCUT2D eigenvalue weighted by molar-refractivity contribution is -0.125. The van der Waals surface area contributed by atoms with Crippen LogP contribution in [-0.4, -0.2) is 40.6 Å². The predicted octanol–water partition coefficient (Wildman–Crippen LogP) is 4.86. The summed E-state index contributed by atoms with van der Waals surface area (Å²) in [6.45, 7) is 12.5. The van der Waals surface area contributed by atoms with Gasteiger partial charge in [0.2, 0.25) is 5.91 Å². The number of thiazole rings is 1. The fourth-order valence-electron chi connectivity index (χ4n) is 3.49. The van der Waals surface area contributed by atoms with Gasteiger partial charge >= 0.3 is 6.09 Å². The normalized spacial score (nSPS) is 17.7. The van der Waals surface area contributed by atoms with E-state index in [4.69, 9.17) is 9.72 Å². The molecule has 162 valence electrons. The van der Waals surface area contributed by atoms with Crippen molar-refractivity contribution in [2.24, 2.45) is 5.92 Å². The summed E-state index contributed by atoms with van der Waals surface area (Å²) in [6.07, 6.45) is 0.292. The molecule has 2 aromatic rings. The molecule has 1 aliphatic rings. The molecule has 2 atom stereocenters. The van der Waals surface area contributed by atoms with Crippen molar-refractivity contribution in [2.45, 2.75) is 59.6 Å². The van der Waals surface area contributed by atoms with Gasteiger partial charge in [-0.05, 0) is 48.0 Å². The van der Waals surface area contributed by atoms with Gasteiger partial charge in [0.15, 0.2) is 0 Å². The zero-order valence-corrected chi connectivity index (χ0v) is 19.4. The number of carbonyl (C=O) groups is 2. The molecule has 1 N–H and O–H groups in total. The van der Waals surface area contributed by atoms with Gasteiger partial charge < -0.3 is 15.0 Å². The van der Waals surface area contributed by atoms with Gasteiger partial charge in [0.25, 0.3) is 0 Å². The van der Waals surface area contributed by atoms with E-state index in [1.54, 1.807) is 16.2 Å². The molecule has 0 spiro atoms. The van der Waals surface area contributed by atoms with Crippen molar-refractivity contribution in [1.82, 2.24) is 15.2 Å². The second kappa shape index (κ2) is 8.76. The van der Waals surface area contributed by atoms with Crippen LogP contribution in [0.5, 0.6) is 0 Å². The smallest absolute Gasteiger partial charge is 0.410 e. The minimum Gasteiger partial charge on any atom is -0.444 e. The van der Waals surface area contributed by atoms with Crippen LogP contribution < -0.4 is 5.32 Å². The van der Waals surface area contributed by atoms with Crippen LogP contribution in [0.25, 0.3) is 10.6 Å². The summed E-state index contributed by atoms with van der Waals surface area (Å²) in [5, 5.41) is 4.07. The van der Waals surface area contributed by atoms with E-state index in [0.29, 0.717) is 19.5 Å². The molecule has 1 aliphatic heterocycles. The van der Waals surface area contributed by atoms with Gasteiger partial charge in [-0.1, -0.05) is 29.8 Å². The summed E-state index contributed by atoms with van der Waals surface area (Å²) < 4.78 is 5.42. The first-order valence-electron chi connectivity index (χ1n) is 10.4. The second-order valence-electron chi connectivity index (χ2n) is 8.98. The van der Waals surface area contributed by atoms with Crippen LogP contribution >= 0.6 is 11.3 Å². The number of rotatable bonds is 4. The Morgan fingerprint density at radius 2 is 1.90 bits per heavy atom. The van der Waals surface area contributed by atoms with Crippen molar-refractivity contribution < 1.29 is 14.3 Å². The Morgan fingerprint density at radius 3 is 2.53 bits per heavy atom. The van der Waals surface area contributed by atoms with E-state index < -0.39 is 5.60 Å². The quantitative estimate of drug-likeness (QED) is 0.753. The monoisotopic (exact) mass is 429 g/mol. The predicted molar refractivity (Wildman–Crippen MR) is 119 cm³/mol. The molecule has 2 amide bonds. The third kappa shape index (κ3) is 5.39. The fraction of sp³-hybridized carbons (Fsp3) is 0.522. The van der Waals surface area contributed by atoms with Crippen molar-refractivity contribution in [3.05, 3.63) is 40.4 Å². The maximum absolute atomic E-state index is 12.8. The molecule has 1 fully saturated rings. The molecule has 7 heteroatoms. The summed E-state index contributed by atoms with van der Waals surface area (Å²) in [4.78, 5) is 32.4. The molecule has 2 unspecified atom stereocenters.